The maximum absolute atomic E-state index is 5.51. The van der Waals surface area contributed by atoms with Gasteiger partial charge in [-0.15, -0.1) is 0 Å². The number of thiocarbonyl (C=S) groups is 1. The number of hydrogen-bond acceptors (Lipinski definition) is 5. The number of thioether (sulfide) groups is 2. The van der Waals surface area contributed by atoms with E-state index in [2.05, 4.69) is 24.8 Å². The molecule has 23 heavy (non-hydrogen) atoms. The number of aliphatic imine (C=N–C) groups is 1. The molecule has 0 unspecified atom stereocenters. The van der Waals surface area contributed by atoms with E-state index in [0.717, 1.165) is 40.5 Å². The summed E-state index contributed by atoms with van der Waals surface area (Å²) in [5.74, 6) is 2.01. The van der Waals surface area contributed by atoms with Gasteiger partial charge in [0.1, 0.15) is 10.1 Å². The van der Waals surface area contributed by atoms with Crippen LogP contribution in [0, 0.1) is 5.41 Å². The van der Waals surface area contributed by atoms with Crippen molar-refractivity contribution >= 4 is 45.2 Å². The van der Waals surface area contributed by atoms with Crippen LogP contribution in [-0.4, -0.2) is 46.6 Å². The molecule has 0 aliphatic carbocycles. The van der Waals surface area contributed by atoms with Crippen molar-refractivity contribution in [2.24, 2.45) is 10.4 Å². The van der Waals surface area contributed by atoms with Gasteiger partial charge >= 0.3 is 0 Å². The van der Waals surface area contributed by atoms with Crippen molar-refractivity contribution in [3.05, 3.63) is 29.8 Å². The number of amidine groups is 1. The Morgan fingerprint density at radius 1 is 1.43 bits per heavy atom. The lowest BCUT2D eigenvalue weighted by molar-refractivity contribution is 0.348. The molecule has 1 aliphatic rings. The first-order valence-electron chi connectivity index (χ1n) is 7.61. The molecule has 0 radical (unpaired) electrons. The van der Waals surface area contributed by atoms with E-state index in [1.165, 1.54) is 5.56 Å². The number of methoxy groups -OCH3 is 1. The second-order valence-corrected chi connectivity index (χ2v) is 8.62. The van der Waals surface area contributed by atoms with Crippen LogP contribution in [0.3, 0.4) is 0 Å². The lowest BCUT2D eigenvalue weighted by atomic mass is 9.96. The van der Waals surface area contributed by atoms with E-state index in [9.17, 15) is 0 Å². The highest BCUT2D eigenvalue weighted by atomic mass is 32.2. The summed E-state index contributed by atoms with van der Waals surface area (Å²) in [5.41, 5.74) is 1.45. The third-order valence-electron chi connectivity index (χ3n) is 3.62. The topological polar surface area (TPSA) is 24.8 Å². The number of nitrogens with zero attached hydrogens (tertiary/aromatic N) is 2. The number of hydrogen-bond donors (Lipinski definition) is 0. The van der Waals surface area contributed by atoms with E-state index >= 15 is 0 Å². The van der Waals surface area contributed by atoms with Crippen LogP contribution in [0.5, 0.6) is 5.75 Å². The van der Waals surface area contributed by atoms with Crippen molar-refractivity contribution in [2.45, 2.75) is 20.3 Å². The van der Waals surface area contributed by atoms with E-state index in [1.807, 2.05) is 36.2 Å². The van der Waals surface area contributed by atoms with Gasteiger partial charge in [-0.05, 0) is 29.7 Å². The summed E-state index contributed by atoms with van der Waals surface area (Å²) in [6.07, 6.45) is 2.90. The molecule has 0 bridgehead atoms. The van der Waals surface area contributed by atoms with Crippen LogP contribution in [0.1, 0.15) is 19.4 Å². The minimum Gasteiger partial charge on any atom is -0.496 e. The highest BCUT2D eigenvalue weighted by Crippen LogP contribution is 2.32. The average Bonchev–Trinajstić information content (AvgIpc) is 2.55. The molecule has 0 atom stereocenters. The van der Waals surface area contributed by atoms with Gasteiger partial charge in [0.2, 0.25) is 0 Å². The van der Waals surface area contributed by atoms with Crippen LogP contribution in [0.25, 0.3) is 0 Å². The van der Waals surface area contributed by atoms with Gasteiger partial charge in [0.25, 0.3) is 0 Å². The normalized spacial score (nSPS) is 19.0. The van der Waals surface area contributed by atoms with Crippen molar-refractivity contribution in [1.29, 1.82) is 0 Å². The van der Waals surface area contributed by atoms with Gasteiger partial charge in [-0.2, -0.15) is 0 Å². The van der Waals surface area contributed by atoms with E-state index < -0.39 is 0 Å². The van der Waals surface area contributed by atoms with Gasteiger partial charge in [0.05, 0.1) is 7.11 Å². The number of para-hydroxylation sites is 1. The molecule has 6 heteroatoms. The first-order chi connectivity index (χ1) is 11.0. The smallest absolute Gasteiger partial charge is 0.164 e. The fourth-order valence-corrected chi connectivity index (χ4v) is 4.19. The third-order valence-corrected chi connectivity index (χ3v) is 6.45. The molecular weight excluding hydrogens is 344 g/mol. The van der Waals surface area contributed by atoms with Crippen molar-refractivity contribution < 1.29 is 4.74 Å². The lowest BCUT2D eigenvalue weighted by Crippen LogP contribution is -2.45. The molecule has 1 heterocycles. The zero-order chi connectivity index (χ0) is 16.9. The van der Waals surface area contributed by atoms with E-state index in [4.69, 9.17) is 21.9 Å². The third kappa shape index (κ3) is 5.13. The first kappa shape index (κ1) is 18.6. The van der Waals surface area contributed by atoms with Crippen molar-refractivity contribution in [1.82, 2.24) is 4.90 Å². The Morgan fingerprint density at radius 2 is 2.17 bits per heavy atom. The Hall–Kier alpha value is -0.720. The minimum atomic E-state index is 0.256. The zero-order valence-electron chi connectivity index (χ0n) is 14.2. The fourth-order valence-electron chi connectivity index (χ4n) is 2.44. The largest absolute Gasteiger partial charge is 0.496 e. The predicted molar refractivity (Wildman–Crippen MR) is 108 cm³/mol. The Morgan fingerprint density at radius 3 is 2.87 bits per heavy atom. The van der Waals surface area contributed by atoms with Gasteiger partial charge in [-0.25, -0.2) is 0 Å². The molecule has 1 fully saturated rings. The van der Waals surface area contributed by atoms with Gasteiger partial charge in [-0.3, -0.25) is 4.99 Å². The van der Waals surface area contributed by atoms with Gasteiger partial charge in [-0.1, -0.05) is 67.8 Å². The van der Waals surface area contributed by atoms with Crippen molar-refractivity contribution in [2.75, 3.05) is 32.2 Å². The van der Waals surface area contributed by atoms with Gasteiger partial charge < -0.3 is 9.64 Å². The summed E-state index contributed by atoms with van der Waals surface area (Å²) in [6.45, 7) is 6.24. The van der Waals surface area contributed by atoms with Crippen LogP contribution in [0.4, 0.5) is 0 Å². The number of ether oxygens (including phenoxy) is 1. The van der Waals surface area contributed by atoms with Gasteiger partial charge in [0.15, 0.2) is 5.17 Å². The zero-order valence-corrected chi connectivity index (χ0v) is 16.6. The number of benzene rings is 1. The first-order valence-corrected chi connectivity index (χ1v) is 10.2. The molecule has 0 aromatic heterocycles. The Bertz CT molecular complexity index is 587. The molecule has 2 rings (SSSR count). The minimum absolute atomic E-state index is 0.256. The van der Waals surface area contributed by atoms with Crippen LogP contribution in [-0.2, 0) is 6.42 Å². The second kappa shape index (κ2) is 8.40. The van der Waals surface area contributed by atoms with E-state index in [0.29, 0.717) is 0 Å². The molecule has 3 nitrogen and oxygen atoms in total. The standard InChI is InChI=1S/C17H24N2OS3/c1-17(2)11-19(16(21)22-4)15(23-12-17)18-10-9-13-7-5-6-8-14(13)20-3/h5-8H,9-12H2,1-4H3/b18-15-. The molecule has 0 spiro atoms. The highest BCUT2D eigenvalue weighted by Gasteiger charge is 2.32. The summed E-state index contributed by atoms with van der Waals surface area (Å²) in [6, 6.07) is 8.12. The SMILES string of the molecule is COc1ccccc1CC/N=C1\SCC(C)(C)CN1C(=S)SC. The Labute approximate surface area is 153 Å². The summed E-state index contributed by atoms with van der Waals surface area (Å²) < 4.78 is 6.31. The molecular formula is C17H24N2OS3. The second-order valence-electron chi connectivity index (χ2n) is 6.24. The van der Waals surface area contributed by atoms with Crippen molar-refractivity contribution in [3.8, 4) is 5.75 Å². The van der Waals surface area contributed by atoms with Crippen LogP contribution in [0.15, 0.2) is 29.3 Å². The maximum atomic E-state index is 5.51. The molecule has 0 saturated carbocycles. The predicted octanol–water partition coefficient (Wildman–Crippen LogP) is 4.32. The summed E-state index contributed by atoms with van der Waals surface area (Å²) in [7, 11) is 1.71. The average molecular weight is 369 g/mol. The summed E-state index contributed by atoms with van der Waals surface area (Å²) in [4.78, 5) is 7.01. The maximum Gasteiger partial charge on any atom is 0.164 e. The summed E-state index contributed by atoms with van der Waals surface area (Å²) >= 11 is 8.94. The van der Waals surface area contributed by atoms with Crippen LogP contribution in [0.2, 0.25) is 0 Å². The number of rotatable bonds is 4. The van der Waals surface area contributed by atoms with E-state index in [1.54, 1.807) is 18.9 Å². The molecule has 126 valence electrons. The van der Waals surface area contributed by atoms with Crippen LogP contribution < -0.4 is 4.74 Å². The molecule has 1 aliphatic heterocycles. The Kier molecular flexibility index (Phi) is 6.80. The monoisotopic (exact) mass is 368 g/mol. The highest BCUT2D eigenvalue weighted by molar-refractivity contribution is 8.23. The van der Waals surface area contributed by atoms with Gasteiger partial charge in [0, 0.05) is 18.8 Å². The lowest BCUT2D eigenvalue weighted by Gasteiger charge is -2.39. The molecule has 0 N–H and O–H groups in total. The van der Waals surface area contributed by atoms with E-state index in [-0.39, 0.29) is 5.41 Å². The van der Waals surface area contributed by atoms with Crippen molar-refractivity contribution in [3.63, 3.8) is 0 Å². The fraction of sp³-hybridized carbons (Fsp3) is 0.529. The van der Waals surface area contributed by atoms with Crippen LogP contribution >= 0.6 is 35.7 Å². The quantitative estimate of drug-likeness (QED) is 0.737. The summed E-state index contributed by atoms with van der Waals surface area (Å²) in [5, 5.41) is 1.05. The molecule has 1 aromatic rings. The Balaban J connectivity index is 2.06. The molecule has 1 aromatic carbocycles. The molecule has 0 amide bonds. The molecule has 1 saturated heterocycles.